The number of aromatic nitrogens is 1. The van der Waals surface area contributed by atoms with Crippen LogP contribution in [0.1, 0.15) is 34.6 Å². The van der Waals surface area contributed by atoms with Gasteiger partial charge in [0, 0.05) is 26.7 Å². The number of hydrogen-bond acceptors (Lipinski definition) is 5. The Morgan fingerprint density at radius 3 is 2.82 bits per heavy atom. The molecular formula is C15H21N3O3S. The summed E-state index contributed by atoms with van der Waals surface area (Å²) < 4.78 is 5.11. The maximum absolute atomic E-state index is 12.7. The second kappa shape index (κ2) is 5.53. The molecule has 2 aliphatic heterocycles. The van der Waals surface area contributed by atoms with Gasteiger partial charge in [-0.15, -0.1) is 0 Å². The minimum Gasteiger partial charge on any atom is -0.473 e. The number of methoxy groups -OCH3 is 1. The largest absolute Gasteiger partial charge is 0.473 e. The minimum atomic E-state index is -0.370. The zero-order valence-corrected chi connectivity index (χ0v) is 14.0. The van der Waals surface area contributed by atoms with Crippen molar-refractivity contribution < 1.29 is 14.3 Å². The van der Waals surface area contributed by atoms with Gasteiger partial charge in [0.2, 0.25) is 5.91 Å². The molecule has 0 aromatic carbocycles. The van der Waals surface area contributed by atoms with Crippen LogP contribution in [0.2, 0.25) is 0 Å². The topological polar surface area (TPSA) is 62.7 Å². The summed E-state index contributed by atoms with van der Waals surface area (Å²) in [5, 5.41) is 0.503. The molecule has 1 atom stereocenters. The van der Waals surface area contributed by atoms with Crippen LogP contribution in [0.3, 0.4) is 0 Å². The van der Waals surface area contributed by atoms with Gasteiger partial charge in [0.25, 0.3) is 11.1 Å². The highest BCUT2D eigenvalue weighted by molar-refractivity contribution is 7.15. The van der Waals surface area contributed by atoms with Crippen LogP contribution >= 0.6 is 11.3 Å². The van der Waals surface area contributed by atoms with Crippen LogP contribution in [0.15, 0.2) is 0 Å². The number of carbonyl (C=O) groups is 2. The molecule has 7 heteroatoms. The Morgan fingerprint density at radius 2 is 2.14 bits per heavy atom. The molecule has 1 aromatic heterocycles. The van der Waals surface area contributed by atoms with E-state index in [0.29, 0.717) is 28.9 Å². The first kappa shape index (κ1) is 15.3. The Labute approximate surface area is 134 Å². The predicted octanol–water partition coefficient (Wildman–Crippen LogP) is 1.54. The van der Waals surface area contributed by atoms with Crippen LogP contribution in [-0.4, -0.2) is 60.4 Å². The van der Waals surface area contributed by atoms with E-state index in [1.807, 2.05) is 14.0 Å². The van der Waals surface area contributed by atoms with Crippen molar-refractivity contribution in [3.63, 3.8) is 0 Å². The van der Waals surface area contributed by atoms with Crippen LogP contribution < -0.4 is 4.74 Å². The van der Waals surface area contributed by atoms with Crippen molar-refractivity contribution in [2.75, 3.05) is 33.8 Å². The molecule has 0 aliphatic carbocycles. The number of likely N-dealkylation sites (tertiary alicyclic amines) is 2. The zero-order valence-electron chi connectivity index (χ0n) is 13.2. The highest BCUT2D eigenvalue weighted by atomic mass is 32.1. The first-order chi connectivity index (χ1) is 10.5. The van der Waals surface area contributed by atoms with E-state index in [1.165, 1.54) is 11.3 Å². The molecule has 0 unspecified atom stereocenters. The second-order valence-corrected chi connectivity index (χ2v) is 7.15. The molecule has 2 amide bonds. The van der Waals surface area contributed by atoms with Crippen molar-refractivity contribution in [3.8, 4) is 5.19 Å². The molecule has 0 N–H and O–H groups in total. The Kier molecular flexibility index (Phi) is 3.84. The van der Waals surface area contributed by atoms with Gasteiger partial charge >= 0.3 is 0 Å². The fourth-order valence-electron chi connectivity index (χ4n) is 3.49. The fourth-order valence-corrected chi connectivity index (χ4v) is 4.34. The molecule has 0 radical (unpaired) electrons. The van der Waals surface area contributed by atoms with Gasteiger partial charge in [-0.2, -0.15) is 0 Å². The van der Waals surface area contributed by atoms with E-state index in [4.69, 9.17) is 4.74 Å². The lowest BCUT2D eigenvalue weighted by atomic mass is 9.78. The van der Waals surface area contributed by atoms with E-state index in [0.717, 1.165) is 25.8 Å². The SMILES string of the molecule is COc1nc(C)c(C(=O)N2CC[C@]3(CCCN(C)C3=O)C2)s1. The molecule has 6 nitrogen and oxygen atoms in total. The number of carbonyl (C=O) groups excluding carboxylic acids is 2. The van der Waals surface area contributed by atoms with Crippen molar-refractivity contribution in [1.82, 2.24) is 14.8 Å². The normalized spacial score (nSPS) is 25.1. The quantitative estimate of drug-likeness (QED) is 0.828. The van der Waals surface area contributed by atoms with Crippen molar-refractivity contribution in [2.45, 2.75) is 26.2 Å². The summed E-state index contributed by atoms with van der Waals surface area (Å²) in [7, 11) is 3.40. The van der Waals surface area contributed by atoms with Crippen LogP contribution in [0.5, 0.6) is 5.19 Å². The summed E-state index contributed by atoms with van der Waals surface area (Å²) in [6.45, 7) is 3.80. The molecule has 2 aliphatic rings. The Morgan fingerprint density at radius 1 is 1.36 bits per heavy atom. The molecule has 3 rings (SSSR count). The second-order valence-electron chi connectivity index (χ2n) is 6.19. The Balaban J connectivity index is 1.78. The fraction of sp³-hybridized carbons (Fsp3) is 0.667. The monoisotopic (exact) mass is 323 g/mol. The van der Waals surface area contributed by atoms with E-state index in [-0.39, 0.29) is 17.2 Å². The number of amides is 2. The average Bonchev–Trinajstić information content (AvgIpc) is 3.09. The average molecular weight is 323 g/mol. The van der Waals surface area contributed by atoms with Gasteiger partial charge in [0.15, 0.2) is 0 Å². The first-order valence-electron chi connectivity index (χ1n) is 7.53. The molecule has 2 saturated heterocycles. The third kappa shape index (κ3) is 2.37. The standard InChI is InChI=1S/C15H21N3O3S/c1-10-11(22-14(16-10)21-3)12(19)18-8-6-15(9-18)5-4-7-17(2)13(15)20/h4-9H2,1-3H3/t15-/m1/s1. The molecule has 22 heavy (non-hydrogen) atoms. The molecule has 3 heterocycles. The van der Waals surface area contributed by atoms with Gasteiger partial charge in [-0.3, -0.25) is 9.59 Å². The number of thiazole rings is 1. The Hall–Kier alpha value is -1.63. The maximum Gasteiger partial charge on any atom is 0.273 e. The molecular weight excluding hydrogens is 302 g/mol. The van der Waals surface area contributed by atoms with Gasteiger partial charge in [0.05, 0.1) is 18.2 Å². The number of ether oxygens (including phenoxy) is 1. The van der Waals surface area contributed by atoms with E-state index < -0.39 is 0 Å². The van der Waals surface area contributed by atoms with Crippen molar-refractivity contribution in [2.24, 2.45) is 5.41 Å². The number of piperidine rings is 1. The van der Waals surface area contributed by atoms with E-state index in [1.54, 1.807) is 16.9 Å². The summed E-state index contributed by atoms with van der Waals surface area (Å²) in [4.78, 5) is 33.7. The Bertz CT molecular complexity index is 615. The third-order valence-corrected chi connectivity index (χ3v) is 5.84. The number of hydrogen-bond donors (Lipinski definition) is 0. The van der Waals surface area contributed by atoms with Crippen molar-refractivity contribution in [3.05, 3.63) is 10.6 Å². The predicted molar refractivity (Wildman–Crippen MR) is 83.2 cm³/mol. The van der Waals surface area contributed by atoms with E-state index >= 15 is 0 Å². The summed E-state index contributed by atoms with van der Waals surface area (Å²) in [6.07, 6.45) is 2.65. The van der Waals surface area contributed by atoms with Gasteiger partial charge in [-0.1, -0.05) is 11.3 Å². The molecule has 2 fully saturated rings. The van der Waals surface area contributed by atoms with Gasteiger partial charge in [-0.05, 0) is 26.2 Å². The van der Waals surface area contributed by atoms with E-state index in [2.05, 4.69) is 4.98 Å². The number of rotatable bonds is 2. The summed E-state index contributed by atoms with van der Waals surface area (Å²) in [5.74, 6) is 0.156. The lowest BCUT2D eigenvalue weighted by molar-refractivity contribution is -0.143. The van der Waals surface area contributed by atoms with Crippen LogP contribution in [0, 0.1) is 12.3 Å². The van der Waals surface area contributed by atoms with Crippen LogP contribution in [0.25, 0.3) is 0 Å². The van der Waals surface area contributed by atoms with Gasteiger partial charge < -0.3 is 14.5 Å². The molecule has 0 bridgehead atoms. The zero-order chi connectivity index (χ0) is 15.9. The smallest absolute Gasteiger partial charge is 0.273 e. The molecule has 0 saturated carbocycles. The third-order valence-electron chi connectivity index (χ3n) is 4.74. The minimum absolute atomic E-state index is 0.0313. The van der Waals surface area contributed by atoms with Crippen molar-refractivity contribution in [1.29, 1.82) is 0 Å². The summed E-state index contributed by atoms with van der Waals surface area (Å²) in [6, 6.07) is 0. The summed E-state index contributed by atoms with van der Waals surface area (Å²) >= 11 is 1.27. The lowest BCUT2D eigenvalue weighted by Gasteiger charge is -2.37. The number of nitrogens with zero attached hydrogens (tertiary/aromatic N) is 3. The van der Waals surface area contributed by atoms with Crippen LogP contribution in [0.4, 0.5) is 0 Å². The summed E-state index contributed by atoms with van der Waals surface area (Å²) in [5.41, 5.74) is 0.325. The van der Waals surface area contributed by atoms with Crippen LogP contribution in [-0.2, 0) is 4.79 Å². The maximum atomic E-state index is 12.7. The van der Waals surface area contributed by atoms with Gasteiger partial charge in [-0.25, -0.2) is 4.98 Å². The highest BCUT2D eigenvalue weighted by Crippen LogP contribution is 2.40. The van der Waals surface area contributed by atoms with E-state index in [9.17, 15) is 9.59 Å². The lowest BCUT2D eigenvalue weighted by Crippen LogP contribution is -2.48. The molecule has 1 aromatic rings. The van der Waals surface area contributed by atoms with Crippen molar-refractivity contribution >= 4 is 23.2 Å². The highest BCUT2D eigenvalue weighted by Gasteiger charge is 2.48. The first-order valence-corrected chi connectivity index (χ1v) is 8.35. The molecule has 1 spiro atoms. The molecule has 120 valence electrons. The van der Waals surface area contributed by atoms with Gasteiger partial charge in [0.1, 0.15) is 4.88 Å². The number of aryl methyl sites for hydroxylation is 1.